The fourth-order valence-corrected chi connectivity index (χ4v) is 3.96. The molecule has 0 unspecified atom stereocenters. The second-order valence-corrected chi connectivity index (χ2v) is 7.55. The number of hydrogen-bond donors (Lipinski definition) is 0. The highest BCUT2D eigenvalue weighted by Gasteiger charge is 2.33. The number of hydrogen-bond acceptors (Lipinski definition) is 7. The lowest BCUT2D eigenvalue weighted by Crippen LogP contribution is -2.43. The Bertz CT molecular complexity index is 1120. The summed E-state index contributed by atoms with van der Waals surface area (Å²) in [5.41, 5.74) is 0.755. The zero-order chi connectivity index (χ0) is 23.4. The quantitative estimate of drug-likeness (QED) is 0.559. The summed E-state index contributed by atoms with van der Waals surface area (Å²) >= 11 is 0. The van der Waals surface area contributed by atoms with Crippen molar-refractivity contribution in [1.29, 1.82) is 5.26 Å². The normalized spacial score (nSPS) is 14.6. The number of alkyl halides is 3. The van der Waals surface area contributed by atoms with Crippen molar-refractivity contribution >= 4 is 17.2 Å². The van der Waals surface area contributed by atoms with Gasteiger partial charge >= 0.3 is 6.18 Å². The van der Waals surface area contributed by atoms with Crippen molar-refractivity contribution in [1.82, 2.24) is 15.0 Å². The summed E-state index contributed by atoms with van der Waals surface area (Å²) in [6.45, 7) is 1.38. The van der Waals surface area contributed by atoms with Crippen molar-refractivity contribution in [3.8, 4) is 11.8 Å². The summed E-state index contributed by atoms with van der Waals surface area (Å²) in [6, 6.07) is 9.72. The van der Waals surface area contributed by atoms with Crippen LogP contribution in [0.25, 0.3) is 0 Å². The molecular formula is C23H21F3N6O. The second kappa shape index (κ2) is 9.32. The van der Waals surface area contributed by atoms with Gasteiger partial charge in [-0.1, -0.05) is 0 Å². The van der Waals surface area contributed by atoms with Crippen LogP contribution in [0, 0.1) is 11.3 Å². The maximum absolute atomic E-state index is 13.0. The predicted octanol–water partition coefficient (Wildman–Crippen LogP) is 4.58. The maximum Gasteiger partial charge on any atom is 0.433 e. The van der Waals surface area contributed by atoms with Crippen LogP contribution in [0.4, 0.5) is 30.4 Å². The van der Waals surface area contributed by atoms with Crippen LogP contribution in [0.3, 0.4) is 0 Å². The van der Waals surface area contributed by atoms with Crippen molar-refractivity contribution in [2.75, 3.05) is 30.0 Å². The van der Waals surface area contributed by atoms with Crippen LogP contribution >= 0.6 is 0 Å². The number of halogens is 3. The van der Waals surface area contributed by atoms with Gasteiger partial charge in [0.05, 0.1) is 30.8 Å². The Morgan fingerprint density at radius 3 is 2.42 bits per heavy atom. The fourth-order valence-electron chi connectivity index (χ4n) is 3.96. The lowest BCUT2D eigenvalue weighted by Gasteiger charge is -2.40. The van der Waals surface area contributed by atoms with Gasteiger partial charge in [0.15, 0.2) is 0 Å². The number of pyridine rings is 3. The molecule has 0 N–H and O–H groups in total. The van der Waals surface area contributed by atoms with E-state index in [0.717, 1.165) is 24.7 Å². The van der Waals surface area contributed by atoms with E-state index in [9.17, 15) is 13.2 Å². The zero-order valence-corrected chi connectivity index (χ0v) is 17.8. The zero-order valence-electron chi connectivity index (χ0n) is 17.8. The van der Waals surface area contributed by atoms with Crippen LogP contribution < -0.4 is 14.5 Å². The number of rotatable bonds is 5. The summed E-state index contributed by atoms with van der Waals surface area (Å²) in [6.07, 6.45) is 2.97. The summed E-state index contributed by atoms with van der Waals surface area (Å²) < 4.78 is 44.6. The second-order valence-electron chi connectivity index (χ2n) is 7.55. The van der Waals surface area contributed by atoms with Gasteiger partial charge in [-0.25, -0.2) is 9.97 Å². The molecule has 0 aliphatic carbocycles. The van der Waals surface area contributed by atoms with E-state index in [1.165, 1.54) is 12.3 Å². The largest absolute Gasteiger partial charge is 0.494 e. The predicted molar refractivity (Wildman–Crippen MR) is 116 cm³/mol. The van der Waals surface area contributed by atoms with Crippen molar-refractivity contribution in [2.45, 2.75) is 25.1 Å². The lowest BCUT2D eigenvalue weighted by atomic mass is 10.0. The molecule has 1 aliphatic heterocycles. The third-order valence-electron chi connectivity index (χ3n) is 5.59. The van der Waals surface area contributed by atoms with Gasteiger partial charge in [0, 0.05) is 37.6 Å². The van der Waals surface area contributed by atoms with E-state index in [-0.39, 0.29) is 6.04 Å². The van der Waals surface area contributed by atoms with E-state index in [0.29, 0.717) is 35.8 Å². The van der Waals surface area contributed by atoms with Crippen LogP contribution in [0.5, 0.6) is 5.75 Å². The monoisotopic (exact) mass is 454 g/mol. The number of methoxy groups -OCH3 is 1. The van der Waals surface area contributed by atoms with E-state index >= 15 is 0 Å². The third kappa shape index (κ3) is 4.82. The van der Waals surface area contributed by atoms with E-state index in [2.05, 4.69) is 25.9 Å². The van der Waals surface area contributed by atoms with E-state index in [1.54, 1.807) is 37.8 Å². The van der Waals surface area contributed by atoms with Gasteiger partial charge in [-0.05, 0) is 37.1 Å². The van der Waals surface area contributed by atoms with Crippen molar-refractivity contribution in [3.63, 3.8) is 0 Å². The van der Waals surface area contributed by atoms with E-state index in [1.807, 2.05) is 11.0 Å². The van der Waals surface area contributed by atoms with Crippen LogP contribution in [0.2, 0.25) is 0 Å². The molecule has 4 rings (SSSR count). The van der Waals surface area contributed by atoms with Crippen molar-refractivity contribution in [2.24, 2.45) is 0 Å². The summed E-state index contributed by atoms with van der Waals surface area (Å²) in [5.74, 6) is 1.36. The molecule has 3 aromatic heterocycles. The summed E-state index contributed by atoms with van der Waals surface area (Å²) in [5, 5.41) is 8.96. The smallest absolute Gasteiger partial charge is 0.433 e. The van der Waals surface area contributed by atoms with Gasteiger partial charge in [-0.2, -0.15) is 18.4 Å². The molecule has 0 aromatic carbocycles. The minimum atomic E-state index is -4.51. The SMILES string of the molecule is COc1ccncc1N(c1ccc(C(F)(F)F)nc1)C1CCN(c2ccc(C#N)cn2)CC1. The highest BCUT2D eigenvalue weighted by molar-refractivity contribution is 5.69. The molecule has 0 spiro atoms. The maximum atomic E-state index is 13.0. The first-order chi connectivity index (χ1) is 15.9. The van der Waals surface area contributed by atoms with E-state index < -0.39 is 11.9 Å². The van der Waals surface area contributed by atoms with Gasteiger partial charge in [-0.15, -0.1) is 0 Å². The van der Waals surface area contributed by atoms with E-state index in [4.69, 9.17) is 10.00 Å². The molecule has 7 nitrogen and oxygen atoms in total. The topological polar surface area (TPSA) is 78.2 Å². The minimum absolute atomic E-state index is 0.0173. The molecule has 0 radical (unpaired) electrons. The number of nitrogens with zero attached hydrogens (tertiary/aromatic N) is 6. The van der Waals surface area contributed by atoms with Crippen LogP contribution in [-0.4, -0.2) is 41.2 Å². The number of nitriles is 1. The molecule has 0 amide bonds. The Morgan fingerprint density at radius 2 is 1.85 bits per heavy atom. The Labute approximate surface area is 189 Å². The first-order valence-electron chi connectivity index (χ1n) is 10.3. The molecule has 0 saturated carbocycles. The number of piperidine rings is 1. The molecule has 0 atom stereocenters. The Balaban J connectivity index is 1.61. The van der Waals surface area contributed by atoms with Gasteiger partial charge in [-0.3, -0.25) is 4.98 Å². The molecule has 3 aromatic rings. The molecule has 1 aliphatic rings. The lowest BCUT2D eigenvalue weighted by molar-refractivity contribution is -0.141. The molecular weight excluding hydrogens is 433 g/mol. The molecule has 170 valence electrons. The number of anilines is 3. The molecule has 4 heterocycles. The molecule has 0 bridgehead atoms. The van der Waals surface area contributed by atoms with Crippen molar-refractivity contribution in [3.05, 3.63) is 66.4 Å². The fraction of sp³-hybridized carbons (Fsp3) is 0.304. The summed E-state index contributed by atoms with van der Waals surface area (Å²) in [7, 11) is 1.54. The highest BCUT2D eigenvalue weighted by Crippen LogP contribution is 2.38. The number of ether oxygens (including phenoxy) is 1. The van der Waals surface area contributed by atoms with Gasteiger partial charge < -0.3 is 14.5 Å². The highest BCUT2D eigenvalue weighted by atomic mass is 19.4. The van der Waals surface area contributed by atoms with Crippen LogP contribution in [-0.2, 0) is 6.18 Å². The molecule has 1 fully saturated rings. The molecule has 1 saturated heterocycles. The Morgan fingerprint density at radius 1 is 1.06 bits per heavy atom. The average Bonchev–Trinajstić information content (AvgIpc) is 2.85. The Kier molecular flexibility index (Phi) is 6.31. The van der Waals surface area contributed by atoms with Gasteiger partial charge in [0.25, 0.3) is 0 Å². The Hall–Kier alpha value is -3.87. The molecule has 33 heavy (non-hydrogen) atoms. The average molecular weight is 454 g/mol. The van der Waals surface area contributed by atoms with Gasteiger partial charge in [0.1, 0.15) is 29.0 Å². The third-order valence-corrected chi connectivity index (χ3v) is 5.59. The van der Waals surface area contributed by atoms with Crippen LogP contribution in [0.15, 0.2) is 55.1 Å². The first-order valence-corrected chi connectivity index (χ1v) is 10.3. The molecule has 10 heteroatoms. The summed E-state index contributed by atoms with van der Waals surface area (Å²) in [4.78, 5) is 16.3. The van der Waals surface area contributed by atoms with Gasteiger partial charge in [0.2, 0.25) is 0 Å². The number of aromatic nitrogens is 3. The first kappa shape index (κ1) is 22.3. The van der Waals surface area contributed by atoms with Crippen molar-refractivity contribution < 1.29 is 17.9 Å². The minimum Gasteiger partial charge on any atom is -0.494 e. The van der Waals surface area contributed by atoms with Crippen LogP contribution in [0.1, 0.15) is 24.1 Å². The standard InChI is InChI=1S/C23H21F3N6O/c1-33-20-6-9-28-15-19(20)32(18-3-4-21(29-14-18)23(24,25)26)17-7-10-31(11-8-17)22-5-2-16(12-27)13-30-22/h2-6,9,13-15,17H,7-8,10-11H2,1H3.